The Morgan fingerprint density at radius 1 is 1.17 bits per heavy atom. The fraction of sp³-hybridized carbons (Fsp3) is 0.478. The number of nitrogens with one attached hydrogen (secondary N) is 1. The van der Waals surface area contributed by atoms with Gasteiger partial charge in [-0.05, 0) is 61.4 Å². The van der Waals surface area contributed by atoms with Crippen molar-refractivity contribution < 1.29 is 9.59 Å². The lowest BCUT2D eigenvalue weighted by molar-refractivity contribution is -0.136. The molecule has 0 aliphatic carbocycles. The summed E-state index contributed by atoms with van der Waals surface area (Å²) < 4.78 is 0. The molecule has 1 saturated heterocycles. The fourth-order valence-corrected chi connectivity index (χ4v) is 5.52. The highest BCUT2D eigenvalue weighted by molar-refractivity contribution is 7.10. The Labute approximate surface area is 176 Å². The number of nitrogens with zero attached hydrogens (tertiary/aromatic N) is 2. The van der Waals surface area contributed by atoms with Gasteiger partial charge in [0.25, 0.3) is 0 Å². The van der Waals surface area contributed by atoms with Crippen LogP contribution in [0.1, 0.15) is 42.7 Å². The maximum atomic E-state index is 13.1. The summed E-state index contributed by atoms with van der Waals surface area (Å²) in [5.41, 5.74) is 2.16. The maximum Gasteiger partial charge on any atom is 0.237 e. The zero-order chi connectivity index (χ0) is 20.2. The van der Waals surface area contributed by atoms with Crippen molar-refractivity contribution in [3.8, 4) is 0 Å². The second kappa shape index (κ2) is 9.09. The summed E-state index contributed by atoms with van der Waals surface area (Å²) in [4.78, 5) is 31.4. The van der Waals surface area contributed by atoms with Gasteiger partial charge in [0.15, 0.2) is 0 Å². The van der Waals surface area contributed by atoms with Gasteiger partial charge in [0.05, 0.1) is 18.5 Å². The molecule has 0 saturated carbocycles. The summed E-state index contributed by atoms with van der Waals surface area (Å²) in [5.74, 6) is 0.182. The van der Waals surface area contributed by atoms with Gasteiger partial charge in [-0.25, -0.2) is 0 Å². The van der Waals surface area contributed by atoms with Gasteiger partial charge in [-0.2, -0.15) is 0 Å². The highest BCUT2D eigenvalue weighted by Gasteiger charge is 2.33. The van der Waals surface area contributed by atoms with Crippen molar-refractivity contribution >= 4 is 28.8 Å². The van der Waals surface area contributed by atoms with Crippen molar-refractivity contribution in [1.29, 1.82) is 0 Å². The van der Waals surface area contributed by atoms with Gasteiger partial charge in [0.2, 0.25) is 11.8 Å². The van der Waals surface area contributed by atoms with Crippen molar-refractivity contribution in [2.24, 2.45) is 5.92 Å². The molecule has 1 fully saturated rings. The molecule has 2 amide bonds. The number of amides is 2. The molecule has 2 aromatic rings. The summed E-state index contributed by atoms with van der Waals surface area (Å²) in [6.45, 7) is 4.90. The number of piperidine rings is 1. The molecule has 5 nitrogen and oxygen atoms in total. The number of anilines is 1. The highest BCUT2D eigenvalue weighted by atomic mass is 32.1. The van der Waals surface area contributed by atoms with E-state index in [9.17, 15) is 9.59 Å². The van der Waals surface area contributed by atoms with Gasteiger partial charge in [-0.1, -0.05) is 25.1 Å². The third-order valence-corrected chi connectivity index (χ3v) is 7.07. The van der Waals surface area contributed by atoms with Gasteiger partial charge in [-0.3, -0.25) is 14.5 Å². The summed E-state index contributed by atoms with van der Waals surface area (Å²) >= 11 is 1.81. The molecule has 4 rings (SSSR count). The molecule has 2 unspecified atom stereocenters. The van der Waals surface area contributed by atoms with Crippen LogP contribution in [-0.4, -0.2) is 47.8 Å². The number of carbonyl (C=O) groups excluding carboxylic acids is 2. The number of carbonyl (C=O) groups is 2. The Hall–Kier alpha value is -2.18. The highest BCUT2D eigenvalue weighted by Crippen LogP contribution is 2.35. The molecule has 3 heterocycles. The molecule has 29 heavy (non-hydrogen) atoms. The van der Waals surface area contributed by atoms with Gasteiger partial charge < -0.3 is 10.2 Å². The first-order valence-corrected chi connectivity index (χ1v) is 11.5. The van der Waals surface area contributed by atoms with Gasteiger partial charge in [0.1, 0.15) is 0 Å². The summed E-state index contributed by atoms with van der Waals surface area (Å²) in [5, 5.41) is 5.15. The quantitative estimate of drug-likeness (QED) is 0.811. The van der Waals surface area contributed by atoms with Crippen molar-refractivity contribution in [2.75, 3.05) is 31.5 Å². The number of likely N-dealkylation sites (tertiary alicyclic amines) is 1. The monoisotopic (exact) mass is 411 g/mol. The lowest BCUT2D eigenvalue weighted by atomic mass is 9.96. The third kappa shape index (κ3) is 4.54. The van der Waals surface area contributed by atoms with Crippen LogP contribution in [0.2, 0.25) is 0 Å². The standard InChI is InChI=1S/C23H29N3O2S/c1-2-20-19-11-14-29-21(19)10-13-26(20)22(27)16-25-12-6-7-17(15-25)23(28)24-18-8-4-3-5-9-18/h3-5,8-9,11,14,17,20H,2,6-7,10,12-13,15-16H2,1H3,(H,24,28). The molecule has 6 heteroatoms. The molecule has 1 aromatic carbocycles. The first kappa shape index (κ1) is 20.1. The van der Waals surface area contributed by atoms with Crippen LogP contribution in [0.5, 0.6) is 0 Å². The van der Waals surface area contributed by atoms with Crippen molar-refractivity contribution in [3.63, 3.8) is 0 Å². The van der Waals surface area contributed by atoms with Crippen LogP contribution in [0, 0.1) is 5.92 Å². The predicted octanol–water partition coefficient (Wildman–Crippen LogP) is 3.93. The lowest BCUT2D eigenvalue weighted by Crippen LogP contribution is -2.48. The van der Waals surface area contributed by atoms with E-state index in [1.54, 1.807) is 11.3 Å². The predicted molar refractivity (Wildman–Crippen MR) is 117 cm³/mol. The Bertz CT molecular complexity index is 851. The van der Waals surface area contributed by atoms with Crippen LogP contribution in [0.15, 0.2) is 41.8 Å². The zero-order valence-corrected chi connectivity index (χ0v) is 17.8. The van der Waals surface area contributed by atoms with Crippen LogP contribution < -0.4 is 5.32 Å². The molecule has 0 radical (unpaired) electrons. The Balaban J connectivity index is 1.35. The molecule has 1 aromatic heterocycles. The molecule has 1 N–H and O–H groups in total. The van der Waals surface area contributed by atoms with Crippen LogP contribution in [0.3, 0.4) is 0 Å². The van der Waals surface area contributed by atoms with Gasteiger partial charge in [0, 0.05) is 23.7 Å². The van der Waals surface area contributed by atoms with E-state index in [0.717, 1.165) is 44.5 Å². The average molecular weight is 412 g/mol. The molecule has 0 spiro atoms. The molecule has 2 aliphatic rings. The number of benzene rings is 1. The molecule has 0 bridgehead atoms. The van der Waals surface area contributed by atoms with Crippen molar-refractivity contribution in [2.45, 2.75) is 38.6 Å². The third-order valence-electron chi connectivity index (χ3n) is 6.08. The van der Waals surface area contributed by atoms with E-state index in [2.05, 4.69) is 33.5 Å². The van der Waals surface area contributed by atoms with Crippen LogP contribution in [-0.2, 0) is 16.0 Å². The lowest BCUT2D eigenvalue weighted by Gasteiger charge is -2.38. The minimum atomic E-state index is -0.0661. The Kier molecular flexibility index (Phi) is 6.31. The van der Waals surface area contributed by atoms with Gasteiger partial charge >= 0.3 is 0 Å². The van der Waals surface area contributed by atoms with E-state index >= 15 is 0 Å². The van der Waals surface area contributed by atoms with Gasteiger partial charge in [-0.15, -0.1) is 11.3 Å². The smallest absolute Gasteiger partial charge is 0.237 e. The molecule has 154 valence electrons. The largest absolute Gasteiger partial charge is 0.334 e. The van der Waals surface area contributed by atoms with Crippen LogP contribution in [0.4, 0.5) is 5.69 Å². The molecule has 2 aliphatic heterocycles. The molecule has 2 atom stereocenters. The zero-order valence-electron chi connectivity index (χ0n) is 17.0. The number of rotatable bonds is 5. The molecular weight excluding hydrogens is 382 g/mol. The van der Waals surface area contributed by atoms with E-state index in [1.807, 2.05) is 30.3 Å². The number of para-hydroxylation sites is 1. The minimum Gasteiger partial charge on any atom is -0.334 e. The number of fused-ring (bicyclic) bond motifs is 1. The van der Waals surface area contributed by atoms with E-state index in [0.29, 0.717) is 13.1 Å². The second-order valence-corrected chi connectivity index (χ2v) is 8.99. The minimum absolute atomic E-state index is 0.0562. The fourth-order valence-electron chi connectivity index (χ4n) is 4.60. The van der Waals surface area contributed by atoms with Crippen LogP contribution in [0.25, 0.3) is 0 Å². The van der Waals surface area contributed by atoms with E-state index in [1.165, 1.54) is 10.4 Å². The van der Waals surface area contributed by atoms with Crippen molar-refractivity contribution in [1.82, 2.24) is 9.80 Å². The SMILES string of the molecule is CCC1c2ccsc2CCN1C(=O)CN1CCCC(C(=O)Nc2ccccc2)C1. The van der Waals surface area contributed by atoms with E-state index < -0.39 is 0 Å². The normalized spacial score (nSPS) is 22.2. The Morgan fingerprint density at radius 3 is 2.79 bits per heavy atom. The maximum absolute atomic E-state index is 13.1. The first-order chi connectivity index (χ1) is 14.2. The Morgan fingerprint density at radius 2 is 2.00 bits per heavy atom. The average Bonchev–Trinajstić information content (AvgIpc) is 3.23. The summed E-state index contributed by atoms with van der Waals surface area (Å²) in [6.07, 6.45) is 3.73. The summed E-state index contributed by atoms with van der Waals surface area (Å²) in [7, 11) is 0. The first-order valence-electron chi connectivity index (χ1n) is 10.6. The number of thiophene rings is 1. The summed E-state index contributed by atoms with van der Waals surface area (Å²) in [6, 6.07) is 12.0. The van der Waals surface area contributed by atoms with E-state index in [-0.39, 0.29) is 23.8 Å². The van der Waals surface area contributed by atoms with E-state index in [4.69, 9.17) is 0 Å². The number of hydrogen-bond donors (Lipinski definition) is 1. The topological polar surface area (TPSA) is 52.7 Å². The number of hydrogen-bond acceptors (Lipinski definition) is 4. The second-order valence-electron chi connectivity index (χ2n) is 7.99. The van der Waals surface area contributed by atoms with Crippen molar-refractivity contribution in [3.05, 3.63) is 52.2 Å². The van der Waals surface area contributed by atoms with Crippen LogP contribution >= 0.6 is 11.3 Å². The molecular formula is C23H29N3O2S.